The number of halogens is 3. The molecule has 0 aromatic carbocycles. The highest BCUT2D eigenvalue weighted by atomic mass is 32.2. The van der Waals surface area contributed by atoms with E-state index < -0.39 is 21.6 Å². The zero-order valence-electron chi connectivity index (χ0n) is 11.8. The molecular weight excluding hydrogens is 307 g/mol. The van der Waals surface area contributed by atoms with Crippen molar-refractivity contribution in [2.45, 2.75) is 19.5 Å². The molecule has 5 nitrogen and oxygen atoms in total. The van der Waals surface area contributed by atoms with Crippen molar-refractivity contribution in [2.24, 2.45) is 0 Å². The maximum absolute atomic E-state index is 12.8. The molecule has 0 aliphatic carbocycles. The standard InChI is InChI=1S/C12H18F3N3O2S/c1-3-4-16-10-7-9(12(13,14)15)8-11(18-10)17-5-6-21(2,19)20/h7-8H,3-6H2,1-2H3,(H2,16,17,18). The summed E-state index contributed by atoms with van der Waals surface area (Å²) in [5.74, 6) is -0.0801. The van der Waals surface area contributed by atoms with Gasteiger partial charge in [-0.15, -0.1) is 0 Å². The van der Waals surface area contributed by atoms with Gasteiger partial charge in [-0.1, -0.05) is 6.92 Å². The smallest absolute Gasteiger partial charge is 0.370 e. The van der Waals surface area contributed by atoms with Crippen molar-refractivity contribution in [3.63, 3.8) is 0 Å². The van der Waals surface area contributed by atoms with Gasteiger partial charge in [0.25, 0.3) is 0 Å². The van der Waals surface area contributed by atoms with Crippen molar-refractivity contribution in [3.8, 4) is 0 Å². The van der Waals surface area contributed by atoms with Crippen LogP contribution in [0.2, 0.25) is 0 Å². The Morgan fingerprint density at radius 2 is 1.67 bits per heavy atom. The van der Waals surface area contributed by atoms with E-state index in [9.17, 15) is 21.6 Å². The molecule has 9 heteroatoms. The van der Waals surface area contributed by atoms with Gasteiger partial charge in [-0.25, -0.2) is 13.4 Å². The zero-order valence-corrected chi connectivity index (χ0v) is 12.6. The molecule has 0 fully saturated rings. The summed E-state index contributed by atoms with van der Waals surface area (Å²) in [6, 6.07) is 1.79. The van der Waals surface area contributed by atoms with Crippen LogP contribution in [0.1, 0.15) is 18.9 Å². The van der Waals surface area contributed by atoms with Crippen molar-refractivity contribution in [1.29, 1.82) is 0 Å². The molecule has 0 aliphatic rings. The Kier molecular flexibility index (Phi) is 5.82. The van der Waals surface area contributed by atoms with Crippen molar-refractivity contribution in [3.05, 3.63) is 17.7 Å². The molecule has 1 aromatic rings. The predicted octanol–water partition coefficient (Wildman–Crippen LogP) is 2.38. The van der Waals surface area contributed by atoms with Crippen LogP contribution in [0.5, 0.6) is 0 Å². The Morgan fingerprint density at radius 1 is 1.14 bits per heavy atom. The summed E-state index contributed by atoms with van der Waals surface area (Å²) < 4.78 is 60.4. The van der Waals surface area contributed by atoms with Crippen LogP contribution in [0, 0.1) is 0 Å². The first-order valence-electron chi connectivity index (χ1n) is 6.36. The molecule has 21 heavy (non-hydrogen) atoms. The van der Waals surface area contributed by atoms with Crippen LogP contribution in [0.15, 0.2) is 12.1 Å². The van der Waals surface area contributed by atoms with E-state index in [4.69, 9.17) is 0 Å². The molecule has 0 atom stereocenters. The van der Waals surface area contributed by atoms with Crippen molar-refractivity contribution >= 4 is 21.5 Å². The molecule has 0 unspecified atom stereocenters. The number of hydrogen-bond donors (Lipinski definition) is 2. The van der Waals surface area contributed by atoms with Crippen molar-refractivity contribution < 1.29 is 21.6 Å². The lowest BCUT2D eigenvalue weighted by atomic mass is 10.2. The molecule has 0 spiro atoms. The van der Waals surface area contributed by atoms with E-state index in [-0.39, 0.29) is 23.9 Å². The molecule has 0 radical (unpaired) electrons. The number of sulfone groups is 1. The quantitative estimate of drug-likeness (QED) is 0.805. The van der Waals surface area contributed by atoms with Gasteiger partial charge in [-0.05, 0) is 18.6 Å². The zero-order chi connectivity index (χ0) is 16.1. The second-order valence-corrected chi connectivity index (χ2v) is 6.87. The fraction of sp³-hybridized carbons (Fsp3) is 0.583. The lowest BCUT2D eigenvalue weighted by Gasteiger charge is -2.13. The Balaban J connectivity index is 2.91. The van der Waals surface area contributed by atoms with Gasteiger partial charge in [0.1, 0.15) is 21.5 Å². The van der Waals surface area contributed by atoms with E-state index in [0.717, 1.165) is 24.8 Å². The first-order valence-corrected chi connectivity index (χ1v) is 8.42. The molecule has 0 saturated heterocycles. The second kappa shape index (κ2) is 6.97. The molecule has 0 amide bonds. The number of aromatic nitrogens is 1. The van der Waals surface area contributed by atoms with Crippen LogP contribution >= 0.6 is 0 Å². The molecule has 0 aliphatic heterocycles. The first-order chi connectivity index (χ1) is 9.62. The third-order valence-corrected chi connectivity index (χ3v) is 3.43. The maximum Gasteiger partial charge on any atom is 0.416 e. The average Bonchev–Trinajstić information content (AvgIpc) is 2.33. The van der Waals surface area contributed by atoms with Crippen LogP contribution in [0.25, 0.3) is 0 Å². The fourth-order valence-corrected chi connectivity index (χ4v) is 1.97. The second-order valence-electron chi connectivity index (χ2n) is 4.61. The highest BCUT2D eigenvalue weighted by Gasteiger charge is 2.31. The van der Waals surface area contributed by atoms with Gasteiger partial charge in [0, 0.05) is 19.3 Å². The van der Waals surface area contributed by atoms with Crippen LogP contribution in [-0.4, -0.2) is 38.5 Å². The molecule has 1 heterocycles. The third kappa shape index (κ3) is 6.65. The van der Waals surface area contributed by atoms with Crippen LogP contribution in [0.3, 0.4) is 0 Å². The summed E-state index contributed by atoms with van der Waals surface area (Å²) in [4.78, 5) is 3.99. The molecule has 120 valence electrons. The monoisotopic (exact) mass is 325 g/mol. The molecule has 2 N–H and O–H groups in total. The molecule has 0 bridgehead atoms. The third-order valence-electron chi connectivity index (χ3n) is 2.49. The van der Waals surface area contributed by atoms with Crippen LogP contribution in [0.4, 0.5) is 24.8 Å². The number of pyridine rings is 1. The number of alkyl halides is 3. The summed E-state index contributed by atoms with van der Waals surface area (Å²) in [5, 5.41) is 5.38. The number of nitrogens with zero attached hydrogens (tertiary/aromatic N) is 1. The van der Waals surface area contributed by atoms with E-state index >= 15 is 0 Å². The summed E-state index contributed by atoms with van der Waals surface area (Å²) >= 11 is 0. The summed E-state index contributed by atoms with van der Waals surface area (Å²) in [6.07, 6.45) is -2.68. The van der Waals surface area contributed by atoms with Gasteiger partial charge in [-0.2, -0.15) is 13.2 Å². The van der Waals surface area contributed by atoms with Crippen LogP contribution < -0.4 is 10.6 Å². The summed E-state index contributed by atoms with van der Waals surface area (Å²) in [5.41, 5.74) is -0.835. The number of rotatable bonds is 7. The first kappa shape index (κ1) is 17.5. The lowest BCUT2D eigenvalue weighted by Crippen LogP contribution is -2.16. The number of nitrogens with one attached hydrogen (secondary N) is 2. The maximum atomic E-state index is 12.8. The summed E-state index contributed by atoms with van der Waals surface area (Å²) in [6.45, 7) is 2.38. The van der Waals surface area contributed by atoms with Gasteiger partial charge < -0.3 is 10.6 Å². The molecule has 1 rings (SSSR count). The number of anilines is 2. The van der Waals surface area contributed by atoms with Gasteiger partial charge >= 0.3 is 6.18 Å². The van der Waals surface area contributed by atoms with E-state index in [1.54, 1.807) is 0 Å². The highest BCUT2D eigenvalue weighted by molar-refractivity contribution is 7.90. The largest absolute Gasteiger partial charge is 0.416 e. The minimum atomic E-state index is -4.49. The minimum absolute atomic E-state index is 0.000359. The Labute approximate surface area is 121 Å². The van der Waals surface area contributed by atoms with E-state index in [1.807, 2.05) is 6.92 Å². The minimum Gasteiger partial charge on any atom is -0.370 e. The Morgan fingerprint density at radius 3 is 2.10 bits per heavy atom. The predicted molar refractivity (Wildman–Crippen MR) is 76.2 cm³/mol. The van der Waals surface area contributed by atoms with Gasteiger partial charge in [0.2, 0.25) is 0 Å². The topological polar surface area (TPSA) is 71.1 Å². The van der Waals surface area contributed by atoms with Crippen LogP contribution in [-0.2, 0) is 16.0 Å². The lowest BCUT2D eigenvalue weighted by molar-refractivity contribution is -0.137. The fourth-order valence-electron chi connectivity index (χ4n) is 1.49. The average molecular weight is 325 g/mol. The Hall–Kier alpha value is -1.51. The van der Waals surface area contributed by atoms with E-state index in [1.165, 1.54) is 0 Å². The number of hydrogen-bond acceptors (Lipinski definition) is 5. The van der Waals surface area contributed by atoms with Gasteiger partial charge in [-0.3, -0.25) is 0 Å². The SMILES string of the molecule is CCCNc1cc(C(F)(F)F)cc(NCCS(C)(=O)=O)n1. The van der Waals surface area contributed by atoms with E-state index in [2.05, 4.69) is 15.6 Å². The molecule has 1 aromatic heterocycles. The molecule has 0 saturated carbocycles. The van der Waals surface area contributed by atoms with Gasteiger partial charge in [0.15, 0.2) is 0 Å². The van der Waals surface area contributed by atoms with Gasteiger partial charge in [0.05, 0.1) is 11.3 Å². The molecular formula is C12H18F3N3O2S. The normalized spacial score (nSPS) is 12.2. The highest BCUT2D eigenvalue weighted by Crippen LogP contribution is 2.32. The van der Waals surface area contributed by atoms with E-state index in [0.29, 0.717) is 6.54 Å². The summed E-state index contributed by atoms with van der Waals surface area (Å²) in [7, 11) is -3.19. The van der Waals surface area contributed by atoms with Crippen molar-refractivity contribution in [2.75, 3.05) is 35.7 Å². The Bertz CT molecular complexity index is 574. The van der Waals surface area contributed by atoms with Crippen molar-refractivity contribution in [1.82, 2.24) is 4.98 Å².